The summed E-state index contributed by atoms with van der Waals surface area (Å²) in [4.78, 5) is 27.8. The highest BCUT2D eigenvalue weighted by atomic mass is 16.3. The lowest BCUT2D eigenvalue weighted by Crippen LogP contribution is -2.45. The van der Waals surface area contributed by atoms with Crippen molar-refractivity contribution in [2.24, 2.45) is 5.92 Å². The SMILES string of the molecule is Cc1ccc(C(C)NC(=O)C2CCCN(C(=O)c3cccc4ccccc34)C2)o1. The van der Waals surface area contributed by atoms with E-state index in [0.717, 1.165) is 35.1 Å². The summed E-state index contributed by atoms with van der Waals surface area (Å²) in [6.45, 7) is 4.92. The number of hydrogen-bond acceptors (Lipinski definition) is 3. The second-order valence-electron chi connectivity index (χ2n) is 7.80. The zero-order valence-corrected chi connectivity index (χ0v) is 16.9. The van der Waals surface area contributed by atoms with E-state index >= 15 is 0 Å². The molecular formula is C24H26N2O3. The number of amides is 2. The summed E-state index contributed by atoms with van der Waals surface area (Å²) in [5, 5.41) is 5.04. The van der Waals surface area contributed by atoms with E-state index in [0.29, 0.717) is 18.7 Å². The van der Waals surface area contributed by atoms with E-state index in [9.17, 15) is 9.59 Å². The highest BCUT2D eigenvalue weighted by molar-refractivity contribution is 6.07. The molecule has 150 valence electrons. The van der Waals surface area contributed by atoms with E-state index in [1.54, 1.807) is 0 Å². The number of carbonyl (C=O) groups is 2. The van der Waals surface area contributed by atoms with Crippen LogP contribution in [0.25, 0.3) is 10.8 Å². The van der Waals surface area contributed by atoms with Crippen molar-refractivity contribution in [2.45, 2.75) is 32.7 Å². The summed E-state index contributed by atoms with van der Waals surface area (Å²) in [6, 6.07) is 17.3. The molecule has 29 heavy (non-hydrogen) atoms. The third-order valence-electron chi connectivity index (χ3n) is 5.65. The monoisotopic (exact) mass is 390 g/mol. The molecule has 2 atom stereocenters. The van der Waals surface area contributed by atoms with Crippen LogP contribution in [0.1, 0.15) is 47.7 Å². The van der Waals surface area contributed by atoms with E-state index < -0.39 is 0 Å². The third kappa shape index (κ3) is 4.04. The van der Waals surface area contributed by atoms with Crippen molar-refractivity contribution < 1.29 is 14.0 Å². The van der Waals surface area contributed by atoms with Gasteiger partial charge in [0.15, 0.2) is 0 Å². The zero-order chi connectivity index (χ0) is 20.4. The molecule has 0 saturated carbocycles. The van der Waals surface area contributed by atoms with Crippen LogP contribution in [0.3, 0.4) is 0 Å². The molecule has 1 fully saturated rings. The number of likely N-dealkylation sites (tertiary alicyclic amines) is 1. The molecule has 1 saturated heterocycles. The normalized spacial score (nSPS) is 17.9. The Balaban J connectivity index is 1.46. The first-order valence-electron chi connectivity index (χ1n) is 10.2. The van der Waals surface area contributed by atoms with Crippen LogP contribution < -0.4 is 5.32 Å². The van der Waals surface area contributed by atoms with Gasteiger partial charge in [0, 0.05) is 18.7 Å². The van der Waals surface area contributed by atoms with Crippen molar-refractivity contribution in [1.29, 1.82) is 0 Å². The van der Waals surface area contributed by atoms with Crippen LogP contribution in [0.4, 0.5) is 0 Å². The fourth-order valence-electron chi connectivity index (χ4n) is 4.05. The van der Waals surface area contributed by atoms with Gasteiger partial charge in [0.2, 0.25) is 5.91 Å². The molecule has 0 radical (unpaired) electrons. The molecule has 3 aromatic rings. The van der Waals surface area contributed by atoms with Gasteiger partial charge in [-0.15, -0.1) is 0 Å². The summed E-state index contributed by atoms with van der Waals surface area (Å²) in [5.41, 5.74) is 0.698. The Morgan fingerprint density at radius 2 is 1.90 bits per heavy atom. The van der Waals surface area contributed by atoms with Crippen LogP contribution >= 0.6 is 0 Å². The molecule has 1 aliphatic heterocycles. The number of furan rings is 1. The fourth-order valence-corrected chi connectivity index (χ4v) is 4.05. The maximum absolute atomic E-state index is 13.2. The van der Waals surface area contributed by atoms with Crippen molar-refractivity contribution >= 4 is 22.6 Å². The van der Waals surface area contributed by atoms with Crippen LogP contribution in [0.5, 0.6) is 0 Å². The topological polar surface area (TPSA) is 62.6 Å². The number of nitrogens with one attached hydrogen (secondary N) is 1. The van der Waals surface area contributed by atoms with Crippen molar-refractivity contribution in [3.8, 4) is 0 Å². The zero-order valence-electron chi connectivity index (χ0n) is 16.9. The van der Waals surface area contributed by atoms with Gasteiger partial charge >= 0.3 is 0 Å². The summed E-state index contributed by atoms with van der Waals surface area (Å²) in [5.74, 6) is 1.33. The standard InChI is InChI=1S/C24H26N2O3/c1-16-12-13-22(29-16)17(2)25-23(27)19-9-6-14-26(15-19)24(28)21-11-5-8-18-7-3-4-10-20(18)21/h3-5,7-8,10-13,17,19H,6,9,14-15H2,1-2H3,(H,25,27). The van der Waals surface area contributed by atoms with Gasteiger partial charge in [0.05, 0.1) is 12.0 Å². The predicted molar refractivity (Wildman–Crippen MR) is 113 cm³/mol. The molecule has 5 nitrogen and oxygen atoms in total. The molecule has 0 spiro atoms. The molecule has 5 heteroatoms. The van der Waals surface area contributed by atoms with Gasteiger partial charge in [-0.05, 0) is 55.7 Å². The van der Waals surface area contributed by atoms with Gasteiger partial charge < -0.3 is 14.6 Å². The van der Waals surface area contributed by atoms with Crippen molar-refractivity contribution in [3.05, 3.63) is 71.7 Å². The minimum atomic E-state index is -0.207. The number of fused-ring (bicyclic) bond motifs is 1. The van der Waals surface area contributed by atoms with Crippen LogP contribution in [0, 0.1) is 12.8 Å². The number of carbonyl (C=O) groups excluding carboxylic acids is 2. The Morgan fingerprint density at radius 3 is 2.69 bits per heavy atom. The number of hydrogen-bond donors (Lipinski definition) is 1. The van der Waals surface area contributed by atoms with Crippen molar-refractivity contribution in [3.63, 3.8) is 0 Å². The predicted octanol–water partition coefficient (Wildman–Crippen LogP) is 4.47. The fraction of sp³-hybridized carbons (Fsp3) is 0.333. The highest BCUT2D eigenvalue weighted by Gasteiger charge is 2.30. The summed E-state index contributed by atoms with van der Waals surface area (Å²) in [6.07, 6.45) is 1.61. The molecule has 1 aromatic heterocycles. The number of benzene rings is 2. The lowest BCUT2D eigenvalue weighted by Gasteiger charge is -2.32. The lowest BCUT2D eigenvalue weighted by molar-refractivity contribution is -0.127. The summed E-state index contributed by atoms with van der Waals surface area (Å²) < 4.78 is 5.61. The van der Waals surface area contributed by atoms with Crippen LogP contribution in [0.2, 0.25) is 0 Å². The van der Waals surface area contributed by atoms with Crippen molar-refractivity contribution in [2.75, 3.05) is 13.1 Å². The lowest BCUT2D eigenvalue weighted by atomic mass is 9.95. The Hall–Kier alpha value is -3.08. The minimum absolute atomic E-state index is 0.00555. The van der Waals surface area contributed by atoms with E-state index in [2.05, 4.69) is 5.32 Å². The molecule has 2 unspecified atom stereocenters. The first-order chi connectivity index (χ1) is 14.0. The first-order valence-corrected chi connectivity index (χ1v) is 10.2. The van der Waals surface area contributed by atoms with Gasteiger partial charge in [0.1, 0.15) is 11.5 Å². The van der Waals surface area contributed by atoms with Crippen LogP contribution in [-0.2, 0) is 4.79 Å². The Kier molecular flexibility index (Phi) is 5.38. The molecule has 2 heterocycles. The van der Waals surface area contributed by atoms with Gasteiger partial charge in [-0.3, -0.25) is 9.59 Å². The average molecular weight is 390 g/mol. The Bertz CT molecular complexity index is 1030. The van der Waals surface area contributed by atoms with E-state index in [4.69, 9.17) is 4.42 Å². The molecule has 1 N–H and O–H groups in total. The molecule has 0 aliphatic carbocycles. The second-order valence-corrected chi connectivity index (χ2v) is 7.80. The van der Waals surface area contributed by atoms with Crippen molar-refractivity contribution in [1.82, 2.24) is 10.2 Å². The summed E-state index contributed by atoms with van der Waals surface area (Å²) >= 11 is 0. The minimum Gasteiger partial charge on any atom is -0.464 e. The number of piperidine rings is 1. The number of aryl methyl sites for hydroxylation is 1. The first kappa shape index (κ1) is 19.2. The number of nitrogens with zero attached hydrogens (tertiary/aromatic N) is 1. The molecule has 2 aromatic carbocycles. The Morgan fingerprint density at radius 1 is 1.10 bits per heavy atom. The van der Waals surface area contributed by atoms with Gasteiger partial charge in [0.25, 0.3) is 5.91 Å². The van der Waals surface area contributed by atoms with Crippen LogP contribution in [-0.4, -0.2) is 29.8 Å². The van der Waals surface area contributed by atoms with E-state index in [1.165, 1.54) is 0 Å². The highest BCUT2D eigenvalue weighted by Crippen LogP contribution is 2.24. The molecular weight excluding hydrogens is 364 g/mol. The van der Waals surface area contributed by atoms with Gasteiger partial charge in [-0.2, -0.15) is 0 Å². The maximum Gasteiger partial charge on any atom is 0.254 e. The van der Waals surface area contributed by atoms with E-state index in [-0.39, 0.29) is 23.8 Å². The number of rotatable bonds is 4. The van der Waals surface area contributed by atoms with Gasteiger partial charge in [-0.1, -0.05) is 36.4 Å². The van der Waals surface area contributed by atoms with Crippen LogP contribution in [0.15, 0.2) is 59.0 Å². The smallest absolute Gasteiger partial charge is 0.254 e. The molecule has 4 rings (SSSR count). The Labute approximate surface area is 170 Å². The second kappa shape index (κ2) is 8.11. The molecule has 2 amide bonds. The third-order valence-corrected chi connectivity index (χ3v) is 5.65. The largest absolute Gasteiger partial charge is 0.464 e. The summed E-state index contributed by atoms with van der Waals surface area (Å²) in [7, 11) is 0. The van der Waals surface area contributed by atoms with E-state index in [1.807, 2.05) is 73.3 Å². The molecule has 1 aliphatic rings. The quantitative estimate of drug-likeness (QED) is 0.715. The average Bonchev–Trinajstić information content (AvgIpc) is 3.19. The maximum atomic E-state index is 13.2. The van der Waals surface area contributed by atoms with Gasteiger partial charge in [-0.25, -0.2) is 0 Å². The molecule has 0 bridgehead atoms.